The first-order chi connectivity index (χ1) is 14.7. The standard InChI is InChI=1S/C23H23ClN4O2/c24-18-8-9-20-16(12-18)11-17(14-30-20)23(29)25-19-6-4-5-15(13-19)22-27-26-21-7-2-1-3-10-28(21)22/h4-6,8-9,12-13,17H,1-3,7,10-11,14H2,(H,25,29)/t17-/m1/s1. The first-order valence-corrected chi connectivity index (χ1v) is 10.8. The monoisotopic (exact) mass is 422 g/mol. The molecule has 0 aliphatic carbocycles. The summed E-state index contributed by atoms with van der Waals surface area (Å²) in [5, 5.41) is 12.5. The molecule has 1 aromatic heterocycles. The van der Waals surface area contributed by atoms with Crippen LogP contribution in [0.15, 0.2) is 42.5 Å². The van der Waals surface area contributed by atoms with Crippen molar-refractivity contribution in [2.24, 2.45) is 5.92 Å². The van der Waals surface area contributed by atoms with E-state index in [0.717, 1.165) is 60.0 Å². The fourth-order valence-corrected chi connectivity index (χ4v) is 4.41. The van der Waals surface area contributed by atoms with Gasteiger partial charge in [-0.25, -0.2) is 0 Å². The molecule has 1 atom stereocenters. The molecular formula is C23H23ClN4O2. The third-order valence-corrected chi connectivity index (χ3v) is 6.03. The maximum Gasteiger partial charge on any atom is 0.231 e. The summed E-state index contributed by atoms with van der Waals surface area (Å²) in [4.78, 5) is 12.9. The molecule has 2 aromatic carbocycles. The Morgan fingerprint density at radius 3 is 3.00 bits per heavy atom. The van der Waals surface area contributed by atoms with Crippen LogP contribution in [0.25, 0.3) is 11.4 Å². The molecule has 0 radical (unpaired) electrons. The molecule has 6 nitrogen and oxygen atoms in total. The van der Waals surface area contributed by atoms with Gasteiger partial charge in [0.15, 0.2) is 5.82 Å². The second-order valence-corrected chi connectivity index (χ2v) is 8.37. The Balaban J connectivity index is 1.33. The number of carbonyl (C=O) groups excluding carboxylic acids is 1. The average Bonchev–Trinajstić information content (AvgIpc) is 3.01. The first-order valence-electron chi connectivity index (χ1n) is 10.4. The fourth-order valence-electron chi connectivity index (χ4n) is 4.21. The Morgan fingerprint density at radius 1 is 1.13 bits per heavy atom. The molecule has 0 unspecified atom stereocenters. The molecule has 1 amide bonds. The van der Waals surface area contributed by atoms with Crippen LogP contribution in [0.1, 0.15) is 30.7 Å². The summed E-state index contributed by atoms with van der Waals surface area (Å²) in [7, 11) is 0. The summed E-state index contributed by atoms with van der Waals surface area (Å²) in [6.07, 6.45) is 5.10. The number of nitrogens with one attached hydrogen (secondary N) is 1. The third-order valence-electron chi connectivity index (χ3n) is 5.80. The van der Waals surface area contributed by atoms with Crippen LogP contribution >= 0.6 is 11.6 Å². The molecule has 30 heavy (non-hydrogen) atoms. The molecule has 0 spiro atoms. The molecule has 0 bridgehead atoms. The molecule has 3 heterocycles. The summed E-state index contributed by atoms with van der Waals surface area (Å²) < 4.78 is 7.98. The van der Waals surface area contributed by atoms with Gasteiger partial charge in [0.25, 0.3) is 0 Å². The van der Waals surface area contributed by atoms with Crippen LogP contribution in [-0.2, 0) is 24.2 Å². The molecule has 2 aliphatic rings. The van der Waals surface area contributed by atoms with Gasteiger partial charge >= 0.3 is 0 Å². The number of hydrogen-bond acceptors (Lipinski definition) is 4. The van der Waals surface area contributed by atoms with Crippen molar-refractivity contribution in [2.75, 3.05) is 11.9 Å². The number of halogens is 1. The number of rotatable bonds is 3. The van der Waals surface area contributed by atoms with Gasteiger partial charge in [-0.1, -0.05) is 30.2 Å². The minimum atomic E-state index is -0.260. The highest BCUT2D eigenvalue weighted by Gasteiger charge is 2.26. The summed E-state index contributed by atoms with van der Waals surface area (Å²) in [5.74, 6) is 2.40. The Bertz CT molecular complexity index is 1090. The summed E-state index contributed by atoms with van der Waals surface area (Å²) in [5.41, 5.74) is 2.68. The van der Waals surface area contributed by atoms with Gasteiger partial charge in [0.05, 0.1) is 5.92 Å². The van der Waals surface area contributed by atoms with E-state index in [4.69, 9.17) is 16.3 Å². The van der Waals surface area contributed by atoms with Crippen molar-refractivity contribution in [2.45, 2.75) is 38.6 Å². The number of benzene rings is 2. The average molecular weight is 423 g/mol. The Kier molecular flexibility index (Phi) is 5.17. The van der Waals surface area contributed by atoms with Crippen molar-refractivity contribution in [3.05, 3.63) is 58.9 Å². The van der Waals surface area contributed by atoms with Gasteiger partial charge in [0.2, 0.25) is 5.91 Å². The fraction of sp³-hybridized carbons (Fsp3) is 0.348. The van der Waals surface area contributed by atoms with E-state index < -0.39 is 0 Å². The molecule has 0 saturated heterocycles. The van der Waals surface area contributed by atoms with Gasteiger partial charge < -0.3 is 14.6 Å². The predicted molar refractivity (Wildman–Crippen MR) is 116 cm³/mol. The van der Waals surface area contributed by atoms with Gasteiger partial charge in [-0.05, 0) is 55.2 Å². The second kappa shape index (κ2) is 8.11. The minimum absolute atomic E-state index is 0.0575. The minimum Gasteiger partial charge on any atom is -0.492 e. The number of nitrogens with zero attached hydrogens (tertiary/aromatic N) is 3. The van der Waals surface area contributed by atoms with Crippen molar-refractivity contribution in [1.29, 1.82) is 0 Å². The Labute approximate surface area is 180 Å². The number of hydrogen-bond donors (Lipinski definition) is 1. The maximum atomic E-state index is 12.9. The van der Waals surface area contributed by atoms with Crippen LogP contribution in [-0.4, -0.2) is 27.3 Å². The molecule has 1 N–H and O–H groups in total. The largest absolute Gasteiger partial charge is 0.492 e. The van der Waals surface area contributed by atoms with Gasteiger partial charge in [0.1, 0.15) is 18.2 Å². The van der Waals surface area contributed by atoms with Crippen LogP contribution in [0.5, 0.6) is 5.75 Å². The highest BCUT2D eigenvalue weighted by molar-refractivity contribution is 6.30. The van der Waals surface area contributed by atoms with Crippen LogP contribution in [0.4, 0.5) is 5.69 Å². The quantitative estimate of drug-likeness (QED) is 0.674. The lowest BCUT2D eigenvalue weighted by Gasteiger charge is -2.24. The molecule has 2 aliphatic heterocycles. The maximum absolute atomic E-state index is 12.9. The van der Waals surface area contributed by atoms with Crippen LogP contribution in [0, 0.1) is 5.92 Å². The van der Waals surface area contributed by atoms with E-state index in [1.807, 2.05) is 36.4 Å². The van der Waals surface area contributed by atoms with Crippen molar-refractivity contribution in [3.8, 4) is 17.1 Å². The highest BCUT2D eigenvalue weighted by Crippen LogP contribution is 2.31. The molecule has 0 saturated carbocycles. The predicted octanol–water partition coefficient (Wildman–Crippen LogP) is 4.51. The number of fused-ring (bicyclic) bond motifs is 2. The van der Waals surface area contributed by atoms with Gasteiger partial charge in [-0.3, -0.25) is 4.79 Å². The topological polar surface area (TPSA) is 69.0 Å². The van der Waals surface area contributed by atoms with Crippen molar-refractivity contribution in [1.82, 2.24) is 14.8 Å². The van der Waals surface area contributed by atoms with Crippen molar-refractivity contribution in [3.63, 3.8) is 0 Å². The van der Waals surface area contributed by atoms with Crippen molar-refractivity contribution < 1.29 is 9.53 Å². The Morgan fingerprint density at radius 2 is 2.07 bits per heavy atom. The molecule has 7 heteroatoms. The van der Waals surface area contributed by atoms with E-state index in [1.54, 1.807) is 6.07 Å². The number of aryl methyl sites for hydroxylation is 1. The third kappa shape index (κ3) is 3.79. The van der Waals surface area contributed by atoms with E-state index in [0.29, 0.717) is 18.1 Å². The molecule has 0 fully saturated rings. The van der Waals surface area contributed by atoms with Gasteiger partial charge in [-0.15, -0.1) is 10.2 Å². The van der Waals surface area contributed by atoms with Crippen molar-refractivity contribution >= 4 is 23.2 Å². The zero-order valence-corrected chi connectivity index (χ0v) is 17.4. The molecule has 5 rings (SSSR count). The van der Waals surface area contributed by atoms with Crippen LogP contribution in [0.2, 0.25) is 5.02 Å². The number of carbonyl (C=O) groups is 1. The molecule has 3 aromatic rings. The summed E-state index contributed by atoms with van der Waals surface area (Å²) in [6, 6.07) is 13.3. The zero-order chi connectivity index (χ0) is 20.5. The normalized spacial score (nSPS) is 18.0. The molecule has 154 valence electrons. The number of amides is 1. The van der Waals surface area contributed by atoms with E-state index in [2.05, 4.69) is 20.1 Å². The van der Waals surface area contributed by atoms with Gasteiger partial charge in [0, 0.05) is 29.2 Å². The van der Waals surface area contributed by atoms with Crippen LogP contribution < -0.4 is 10.1 Å². The second-order valence-electron chi connectivity index (χ2n) is 7.94. The SMILES string of the molecule is O=C(Nc1cccc(-c2nnc3n2CCCCC3)c1)[C@H]1COc2ccc(Cl)cc2C1. The first kappa shape index (κ1) is 19.1. The van der Waals surface area contributed by atoms with E-state index in [-0.39, 0.29) is 11.8 Å². The smallest absolute Gasteiger partial charge is 0.231 e. The van der Waals surface area contributed by atoms with Gasteiger partial charge in [-0.2, -0.15) is 0 Å². The number of anilines is 1. The molecular weight excluding hydrogens is 400 g/mol. The van der Waals surface area contributed by atoms with E-state index in [1.165, 1.54) is 6.42 Å². The van der Waals surface area contributed by atoms with E-state index in [9.17, 15) is 4.79 Å². The summed E-state index contributed by atoms with van der Waals surface area (Å²) in [6.45, 7) is 1.30. The number of aromatic nitrogens is 3. The lowest BCUT2D eigenvalue weighted by Crippen LogP contribution is -2.32. The number of ether oxygens (including phenoxy) is 1. The highest BCUT2D eigenvalue weighted by atomic mass is 35.5. The van der Waals surface area contributed by atoms with Crippen LogP contribution in [0.3, 0.4) is 0 Å². The summed E-state index contributed by atoms with van der Waals surface area (Å²) >= 11 is 6.09. The lowest BCUT2D eigenvalue weighted by atomic mass is 9.96. The zero-order valence-electron chi connectivity index (χ0n) is 16.6. The lowest BCUT2D eigenvalue weighted by molar-refractivity contribution is -0.121. The van der Waals surface area contributed by atoms with E-state index >= 15 is 0 Å². The Hall–Kier alpha value is -2.86.